The lowest BCUT2D eigenvalue weighted by Gasteiger charge is -2.30. The maximum atomic E-state index is 9.60. The van der Waals surface area contributed by atoms with Gasteiger partial charge < -0.3 is 5.11 Å². The van der Waals surface area contributed by atoms with E-state index in [2.05, 4.69) is 17.0 Å². The predicted octanol–water partition coefficient (Wildman–Crippen LogP) is 2.61. The number of hydrogen-bond acceptors (Lipinski definition) is 2. The Balaban J connectivity index is 2.02. The number of rotatable bonds is 2. The first-order valence-electron chi connectivity index (χ1n) is 5.80. The lowest BCUT2D eigenvalue weighted by molar-refractivity contribution is 0.0668. The highest BCUT2D eigenvalue weighted by molar-refractivity contribution is 6.31. The van der Waals surface area contributed by atoms with E-state index < -0.39 is 0 Å². The molecule has 1 fully saturated rings. The lowest BCUT2D eigenvalue weighted by Crippen LogP contribution is -2.37. The van der Waals surface area contributed by atoms with Gasteiger partial charge in [-0.3, -0.25) is 4.90 Å². The van der Waals surface area contributed by atoms with Crippen LogP contribution in [0.3, 0.4) is 0 Å². The van der Waals surface area contributed by atoms with Crippen molar-refractivity contribution in [2.75, 3.05) is 13.1 Å². The smallest absolute Gasteiger partial charge is 0.0667 e. The second-order valence-electron chi connectivity index (χ2n) is 4.63. The molecule has 1 saturated heterocycles. The number of aryl methyl sites for hydroxylation is 1. The largest absolute Gasteiger partial charge is 0.392 e. The molecule has 1 aliphatic heterocycles. The Hall–Kier alpha value is -0.570. The van der Waals surface area contributed by atoms with E-state index in [4.69, 9.17) is 11.6 Å². The Labute approximate surface area is 102 Å². The van der Waals surface area contributed by atoms with Crippen LogP contribution in [0.15, 0.2) is 18.2 Å². The number of nitrogens with zero attached hydrogens (tertiary/aromatic N) is 1. The summed E-state index contributed by atoms with van der Waals surface area (Å²) in [5.41, 5.74) is 2.34. The summed E-state index contributed by atoms with van der Waals surface area (Å²) in [5.74, 6) is 0. The van der Waals surface area contributed by atoms with Crippen LogP contribution < -0.4 is 0 Å². The molecule has 2 nitrogen and oxygen atoms in total. The molecule has 0 saturated carbocycles. The predicted molar refractivity (Wildman–Crippen MR) is 66.7 cm³/mol. The number of halogens is 1. The topological polar surface area (TPSA) is 23.5 Å². The van der Waals surface area contributed by atoms with Crippen LogP contribution in [0.4, 0.5) is 0 Å². The van der Waals surface area contributed by atoms with Crippen molar-refractivity contribution in [2.45, 2.75) is 32.4 Å². The monoisotopic (exact) mass is 239 g/mol. The molecule has 0 unspecified atom stereocenters. The van der Waals surface area contributed by atoms with Crippen molar-refractivity contribution in [1.82, 2.24) is 4.90 Å². The van der Waals surface area contributed by atoms with Gasteiger partial charge in [-0.1, -0.05) is 23.7 Å². The Morgan fingerprint density at radius 1 is 1.50 bits per heavy atom. The van der Waals surface area contributed by atoms with Crippen LogP contribution in [0, 0.1) is 6.92 Å². The Morgan fingerprint density at radius 3 is 3.00 bits per heavy atom. The molecule has 1 aromatic rings. The van der Waals surface area contributed by atoms with Gasteiger partial charge in [-0.15, -0.1) is 0 Å². The molecule has 0 aliphatic carbocycles. The third kappa shape index (κ3) is 2.97. The van der Waals surface area contributed by atoms with Crippen LogP contribution in [-0.2, 0) is 6.54 Å². The van der Waals surface area contributed by atoms with Gasteiger partial charge in [-0.25, -0.2) is 0 Å². The number of likely N-dealkylation sites (tertiary alicyclic amines) is 1. The van der Waals surface area contributed by atoms with Crippen molar-refractivity contribution >= 4 is 11.6 Å². The maximum Gasteiger partial charge on any atom is 0.0667 e. The van der Waals surface area contributed by atoms with Crippen molar-refractivity contribution < 1.29 is 5.11 Å². The van der Waals surface area contributed by atoms with E-state index in [1.165, 1.54) is 5.56 Å². The zero-order chi connectivity index (χ0) is 11.5. The summed E-state index contributed by atoms with van der Waals surface area (Å²) in [6.07, 6.45) is 1.83. The molecule has 3 heteroatoms. The highest BCUT2D eigenvalue weighted by atomic mass is 35.5. The van der Waals surface area contributed by atoms with Crippen LogP contribution >= 0.6 is 11.6 Å². The molecule has 2 rings (SSSR count). The molecular weight excluding hydrogens is 222 g/mol. The standard InChI is InChI=1S/C13H18ClNO/c1-10-4-5-11(13(14)7-10)8-15-6-2-3-12(16)9-15/h4-5,7,12,16H,2-3,6,8-9H2,1H3/t12-/m0/s1. The average Bonchev–Trinajstić information content (AvgIpc) is 2.22. The first-order valence-corrected chi connectivity index (χ1v) is 6.18. The van der Waals surface area contributed by atoms with Gasteiger partial charge in [0.05, 0.1) is 6.10 Å². The van der Waals surface area contributed by atoms with Gasteiger partial charge in [0.2, 0.25) is 0 Å². The first-order chi connectivity index (χ1) is 7.65. The molecule has 0 spiro atoms. The van der Waals surface area contributed by atoms with Gasteiger partial charge in [0.15, 0.2) is 0 Å². The summed E-state index contributed by atoms with van der Waals surface area (Å²) < 4.78 is 0. The fourth-order valence-electron chi connectivity index (χ4n) is 2.20. The fraction of sp³-hybridized carbons (Fsp3) is 0.538. The van der Waals surface area contributed by atoms with Crippen LogP contribution in [0.5, 0.6) is 0 Å². The second kappa shape index (κ2) is 5.17. The molecule has 0 radical (unpaired) electrons. The minimum absolute atomic E-state index is 0.169. The average molecular weight is 240 g/mol. The number of benzene rings is 1. The van der Waals surface area contributed by atoms with Crippen molar-refractivity contribution in [2.24, 2.45) is 0 Å². The van der Waals surface area contributed by atoms with Crippen LogP contribution in [0.1, 0.15) is 24.0 Å². The van der Waals surface area contributed by atoms with Gasteiger partial charge in [0, 0.05) is 18.1 Å². The maximum absolute atomic E-state index is 9.60. The van der Waals surface area contributed by atoms with Gasteiger partial charge >= 0.3 is 0 Å². The van der Waals surface area contributed by atoms with Crippen molar-refractivity contribution in [1.29, 1.82) is 0 Å². The summed E-state index contributed by atoms with van der Waals surface area (Å²) >= 11 is 6.20. The molecule has 88 valence electrons. The van der Waals surface area contributed by atoms with E-state index >= 15 is 0 Å². The van der Waals surface area contributed by atoms with Crippen molar-refractivity contribution in [3.05, 3.63) is 34.3 Å². The minimum atomic E-state index is -0.169. The second-order valence-corrected chi connectivity index (χ2v) is 5.03. The molecule has 1 aliphatic rings. The van der Waals surface area contributed by atoms with E-state index in [0.29, 0.717) is 0 Å². The van der Waals surface area contributed by atoms with Crippen LogP contribution in [-0.4, -0.2) is 29.2 Å². The zero-order valence-electron chi connectivity index (χ0n) is 9.62. The summed E-state index contributed by atoms with van der Waals surface area (Å²) in [6.45, 7) is 4.71. The fourth-order valence-corrected chi connectivity index (χ4v) is 2.49. The summed E-state index contributed by atoms with van der Waals surface area (Å²) in [6, 6.07) is 6.16. The van der Waals surface area contributed by atoms with Crippen molar-refractivity contribution in [3.63, 3.8) is 0 Å². The van der Waals surface area contributed by atoms with Gasteiger partial charge in [-0.2, -0.15) is 0 Å². The molecule has 16 heavy (non-hydrogen) atoms. The van der Waals surface area contributed by atoms with Crippen LogP contribution in [0.2, 0.25) is 5.02 Å². The van der Waals surface area contributed by atoms with E-state index in [1.54, 1.807) is 0 Å². The third-order valence-corrected chi connectivity index (χ3v) is 3.44. The molecular formula is C13H18ClNO. The first kappa shape index (κ1) is 11.9. The summed E-state index contributed by atoms with van der Waals surface area (Å²) in [5, 5.41) is 10.4. The van der Waals surface area contributed by atoms with Crippen molar-refractivity contribution in [3.8, 4) is 0 Å². The Kier molecular flexibility index (Phi) is 3.85. The summed E-state index contributed by atoms with van der Waals surface area (Å²) in [7, 11) is 0. The highest BCUT2D eigenvalue weighted by Crippen LogP contribution is 2.21. The quantitative estimate of drug-likeness (QED) is 0.858. The summed E-state index contributed by atoms with van der Waals surface area (Å²) in [4.78, 5) is 2.27. The lowest BCUT2D eigenvalue weighted by atomic mass is 10.1. The molecule has 1 aromatic carbocycles. The van der Waals surface area contributed by atoms with Gasteiger partial charge in [0.1, 0.15) is 0 Å². The molecule has 1 atom stereocenters. The number of aliphatic hydroxyl groups is 1. The molecule has 0 amide bonds. The SMILES string of the molecule is Cc1ccc(CN2CCC[C@H](O)C2)c(Cl)c1. The molecule has 1 N–H and O–H groups in total. The van der Waals surface area contributed by atoms with E-state index in [1.807, 2.05) is 13.0 Å². The number of hydrogen-bond donors (Lipinski definition) is 1. The van der Waals surface area contributed by atoms with Gasteiger partial charge in [-0.05, 0) is 43.5 Å². The molecule has 0 aromatic heterocycles. The number of aliphatic hydroxyl groups excluding tert-OH is 1. The van der Waals surface area contributed by atoms with E-state index in [9.17, 15) is 5.11 Å². The normalized spacial score (nSPS) is 22.3. The van der Waals surface area contributed by atoms with E-state index in [0.717, 1.165) is 43.1 Å². The number of β-amino-alcohol motifs (C(OH)–C–C–N with tert-alkyl or cyclic N) is 1. The van der Waals surface area contributed by atoms with Crippen LogP contribution in [0.25, 0.3) is 0 Å². The molecule has 0 bridgehead atoms. The Morgan fingerprint density at radius 2 is 2.31 bits per heavy atom. The number of piperidine rings is 1. The highest BCUT2D eigenvalue weighted by Gasteiger charge is 2.18. The minimum Gasteiger partial charge on any atom is -0.392 e. The molecule has 1 heterocycles. The third-order valence-electron chi connectivity index (χ3n) is 3.08. The zero-order valence-corrected chi connectivity index (χ0v) is 10.4. The van der Waals surface area contributed by atoms with Gasteiger partial charge in [0.25, 0.3) is 0 Å². The van der Waals surface area contributed by atoms with E-state index in [-0.39, 0.29) is 6.10 Å². The Bertz CT molecular complexity index is 367.